The van der Waals surface area contributed by atoms with E-state index < -0.39 is 0 Å². The van der Waals surface area contributed by atoms with E-state index in [2.05, 4.69) is 14.7 Å². The van der Waals surface area contributed by atoms with E-state index in [1.165, 1.54) is 12.4 Å². The summed E-state index contributed by atoms with van der Waals surface area (Å²) in [6.45, 7) is 0.640. The minimum atomic E-state index is -0.0777. The Bertz CT molecular complexity index is 265. The van der Waals surface area contributed by atoms with Gasteiger partial charge in [-0.25, -0.2) is 9.97 Å². The van der Waals surface area contributed by atoms with Crippen molar-refractivity contribution >= 4 is 6.47 Å². The zero-order valence-electron chi connectivity index (χ0n) is 6.30. The van der Waals surface area contributed by atoms with Gasteiger partial charge in [0.1, 0.15) is 6.33 Å². The Labute approximate surface area is 69.0 Å². The van der Waals surface area contributed by atoms with Crippen molar-refractivity contribution in [2.45, 2.75) is 6.42 Å². The topological polar surface area (TPSA) is 72.3 Å². The first-order chi connectivity index (χ1) is 5.83. The average molecular weight is 168 g/mol. The lowest BCUT2D eigenvalue weighted by Gasteiger charge is -1.98. The highest BCUT2D eigenvalue weighted by Crippen LogP contribution is 2.03. The Balaban J connectivity index is 2.46. The van der Waals surface area contributed by atoms with Crippen molar-refractivity contribution in [1.29, 1.82) is 0 Å². The van der Waals surface area contributed by atoms with E-state index in [-0.39, 0.29) is 12.5 Å². The summed E-state index contributed by atoms with van der Waals surface area (Å²) >= 11 is 0. The number of carbonyl (C=O) groups is 1. The monoisotopic (exact) mass is 168 g/mol. The van der Waals surface area contributed by atoms with E-state index in [4.69, 9.17) is 5.11 Å². The van der Waals surface area contributed by atoms with E-state index in [1.54, 1.807) is 0 Å². The lowest BCUT2D eigenvalue weighted by atomic mass is 10.3. The van der Waals surface area contributed by atoms with Gasteiger partial charge in [-0.1, -0.05) is 0 Å². The molecule has 0 bridgehead atoms. The van der Waals surface area contributed by atoms with Gasteiger partial charge in [-0.3, -0.25) is 4.79 Å². The van der Waals surface area contributed by atoms with Crippen molar-refractivity contribution in [3.8, 4) is 5.88 Å². The van der Waals surface area contributed by atoms with Crippen LogP contribution >= 0.6 is 0 Å². The molecular formula is C7H8N2O3. The summed E-state index contributed by atoms with van der Waals surface area (Å²) in [4.78, 5) is 17.1. The summed E-state index contributed by atoms with van der Waals surface area (Å²) in [5, 5.41) is 8.91. The zero-order chi connectivity index (χ0) is 8.81. The predicted molar refractivity (Wildman–Crippen MR) is 39.4 cm³/mol. The quantitative estimate of drug-likeness (QED) is 0.502. The minimum Gasteiger partial charge on any atom is -0.493 e. The van der Waals surface area contributed by atoms with E-state index in [0.29, 0.717) is 18.6 Å². The van der Waals surface area contributed by atoms with Crippen LogP contribution in [0.5, 0.6) is 5.88 Å². The molecule has 0 amide bonds. The molecule has 0 saturated carbocycles. The molecule has 0 unspecified atom stereocenters. The Hall–Kier alpha value is -1.65. The molecule has 1 heterocycles. The minimum absolute atomic E-state index is 0.0777. The van der Waals surface area contributed by atoms with Gasteiger partial charge in [0.15, 0.2) is 0 Å². The van der Waals surface area contributed by atoms with Crippen molar-refractivity contribution in [2.24, 2.45) is 0 Å². The van der Waals surface area contributed by atoms with E-state index >= 15 is 0 Å². The second-order valence-electron chi connectivity index (χ2n) is 2.08. The van der Waals surface area contributed by atoms with Crippen LogP contribution in [0.1, 0.15) is 5.69 Å². The maximum Gasteiger partial charge on any atom is 0.293 e. The van der Waals surface area contributed by atoms with Gasteiger partial charge in [-0.05, 0) is 0 Å². The van der Waals surface area contributed by atoms with Crippen LogP contribution in [0.15, 0.2) is 12.4 Å². The molecule has 1 aromatic heterocycles. The van der Waals surface area contributed by atoms with Gasteiger partial charge in [0, 0.05) is 12.5 Å². The smallest absolute Gasteiger partial charge is 0.293 e. The van der Waals surface area contributed by atoms with E-state index in [1.807, 2.05) is 0 Å². The first kappa shape index (κ1) is 8.45. The third-order valence-electron chi connectivity index (χ3n) is 1.25. The summed E-state index contributed by atoms with van der Waals surface area (Å²) in [5.74, 6) is -0.0777. The summed E-state index contributed by atoms with van der Waals surface area (Å²) in [6, 6.07) is 1.42. The SMILES string of the molecule is O=COCCc1cc(O)ncn1. The second-order valence-corrected chi connectivity index (χ2v) is 2.08. The molecule has 0 aliphatic carbocycles. The Morgan fingerprint density at radius 3 is 3.08 bits per heavy atom. The van der Waals surface area contributed by atoms with Gasteiger partial charge in [0.25, 0.3) is 6.47 Å². The summed E-state index contributed by atoms with van der Waals surface area (Å²) in [6.07, 6.45) is 1.74. The molecule has 0 aliphatic rings. The standard InChI is InChI=1S/C7H8N2O3/c10-5-12-2-1-6-3-7(11)9-4-8-6/h3-5H,1-2H2,(H,8,9,11). The molecule has 1 N–H and O–H groups in total. The largest absolute Gasteiger partial charge is 0.493 e. The molecule has 12 heavy (non-hydrogen) atoms. The molecule has 0 fully saturated rings. The van der Waals surface area contributed by atoms with Crippen LogP contribution in [0.4, 0.5) is 0 Å². The van der Waals surface area contributed by atoms with Crippen molar-refractivity contribution < 1.29 is 14.6 Å². The number of hydrogen-bond acceptors (Lipinski definition) is 5. The summed E-state index contributed by atoms with van der Waals surface area (Å²) in [7, 11) is 0. The van der Waals surface area contributed by atoms with Gasteiger partial charge >= 0.3 is 0 Å². The fraction of sp³-hybridized carbons (Fsp3) is 0.286. The third kappa shape index (κ3) is 2.53. The van der Waals surface area contributed by atoms with Gasteiger partial charge in [-0.2, -0.15) is 0 Å². The predicted octanol–water partition coefficient (Wildman–Crippen LogP) is -0.102. The molecule has 5 heteroatoms. The molecule has 0 spiro atoms. The number of rotatable bonds is 4. The molecule has 1 rings (SSSR count). The van der Waals surface area contributed by atoms with Crippen LogP contribution in [0.3, 0.4) is 0 Å². The average Bonchev–Trinajstić information content (AvgIpc) is 2.05. The van der Waals surface area contributed by atoms with Gasteiger partial charge in [-0.15, -0.1) is 0 Å². The molecular weight excluding hydrogens is 160 g/mol. The number of hydrogen-bond donors (Lipinski definition) is 1. The number of aromatic nitrogens is 2. The van der Waals surface area contributed by atoms with Crippen molar-refractivity contribution in [1.82, 2.24) is 9.97 Å². The van der Waals surface area contributed by atoms with Gasteiger partial charge in [0.2, 0.25) is 5.88 Å². The highest BCUT2D eigenvalue weighted by molar-refractivity contribution is 5.36. The molecule has 5 nitrogen and oxygen atoms in total. The van der Waals surface area contributed by atoms with Crippen LogP contribution in [0, 0.1) is 0 Å². The molecule has 1 aromatic rings. The number of ether oxygens (including phenoxy) is 1. The summed E-state index contributed by atoms with van der Waals surface area (Å²) in [5.41, 5.74) is 0.643. The summed E-state index contributed by atoms with van der Waals surface area (Å²) < 4.78 is 4.45. The Kier molecular flexibility index (Phi) is 3.01. The number of nitrogens with zero attached hydrogens (tertiary/aromatic N) is 2. The maximum atomic E-state index is 9.76. The van der Waals surface area contributed by atoms with Crippen LogP contribution in [0.25, 0.3) is 0 Å². The van der Waals surface area contributed by atoms with Gasteiger partial charge in [0.05, 0.1) is 12.3 Å². The van der Waals surface area contributed by atoms with Crippen LogP contribution in [0.2, 0.25) is 0 Å². The molecule has 64 valence electrons. The Morgan fingerprint density at radius 2 is 2.42 bits per heavy atom. The fourth-order valence-corrected chi connectivity index (χ4v) is 0.734. The van der Waals surface area contributed by atoms with Crippen molar-refractivity contribution in [3.05, 3.63) is 18.1 Å². The van der Waals surface area contributed by atoms with Crippen molar-refractivity contribution in [2.75, 3.05) is 6.61 Å². The highest BCUT2D eigenvalue weighted by Gasteiger charge is 1.96. The Morgan fingerprint density at radius 1 is 1.58 bits per heavy atom. The van der Waals surface area contributed by atoms with Crippen LogP contribution < -0.4 is 0 Å². The fourth-order valence-electron chi connectivity index (χ4n) is 0.734. The van der Waals surface area contributed by atoms with Crippen LogP contribution in [-0.4, -0.2) is 28.2 Å². The highest BCUT2D eigenvalue weighted by atomic mass is 16.5. The number of aromatic hydroxyl groups is 1. The van der Waals surface area contributed by atoms with Crippen molar-refractivity contribution in [3.63, 3.8) is 0 Å². The van der Waals surface area contributed by atoms with Crippen LogP contribution in [-0.2, 0) is 16.0 Å². The molecule has 0 radical (unpaired) electrons. The first-order valence-corrected chi connectivity index (χ1v) is 3.38. The molecule has 0 aromatic carbocycles. The zero-order valence-corrected chi connectivity index (χ0v) is 6.30. The lowest BCUT2D eigenvalue weighted by molar-refractivity contribution is -0.128. The van der Waals surface area contributed by atoms with E-state index in [0.717, 1.165) is 0 Å². The molecule has 0 saturated heterocycles. The van der Waals surface area contributed by atoms with E-state index in [9.17, 15) is 4.79 Å². The maximum absolute atomic E-state index is 9.76. The molecule has 0 atom stereocenters. The molecule has 0 aliphatic heterocycles. The second kappa shape index (κ2) is 4.27. The normalized spacial score (nSPS) is 9.33. The first-order valence-electron chi connectivity index (χ1n) is 3.38. The third-order valence-corrected chi connectivity index (χ3v) is 1.25. The number of carbonyl (C=O) groups excluding carboxylic acids is 1. The lowest BCUT2D eigenvalue weighted by Crippen LogP contribution is -1.98. The van der Waals surface area contributed by atoms with Gasteiger partial charge < -0.3 is 9.84 Å².